The Labute approximate surface area is 131 Å². The Kier molecular flexibility index (Phi) is 4.28. The van der Waals surface area contributed by atoms with Crippen LogP contribution in [0.15, 0.2) is 17.1 Å². The number of fused-ring (bicyclic) bond motifs is 1. The number of piperazine rings is 1. The maximum atomic E-state index is 6.35. The summed E-state index contributed by atoms with van der Waals surface area (Å²) in [7, 11) is 2.17. The van der Waals surface area contributed by atoms with Crippen LogP contribution in [0.2, 0.25) is 0 Å². The molecule has 0 bridgehead atoms. The van der Waals surface area contributed by atoms with Crippen molar-refractivity contribution < 1.29 is 0 Å². The lowest BCUT2D eigenvalue weighted by Gasteiger charge is -2.34. The zero-order valence-electron chi connectivity index (χ0n) is 13.1. The van der Waals surface area contributed by atoms with Crippen LogP contribution in [0.5, 0.6) is 0 Å². The van der Waals surface area contributed by atoms with Gasteiger partial charge < -0.3 is 20.9 Å². The minimum Gasteiger partial charge on any atom is -0.384 e. The van der Waals surface area contributed by atoms with Gasteiger partial charge in [-0.05, 0) is 32.1 Å². The highest BCUT2D eigenvalue weighted by molar-refractivity contribution is 5.89. The highest BCUT2D eigenvalue weighted by Crippen LogP contribution is 2.24. The quantitative estimate of drug-likeness (QED) is 0.733. The molecule has 0 aliphatic carbocycles. The summed E-state index contributed by atoms with van der Waals surface area (Å²) < 4.78 is 0. The number of nitrogens with two attached hydrogens (primary N) is 2. The lowest BCUT2D eigenvalue weighted by atomic mass is 10.1. The molecule has 0 saturated carbocycles. The summed E-state index contributed by atoms with van der Waals surface area (Å²) >= 11 is 0. The number of likely N-dealkylation sites (N-methyl/N-ethyl adjacent to an activating group) is 1. The largest absolute Gasteiger partial charge is 0.384 e. The molecule has 3 heterocycles. The molecule has 1 unspecified atom stereocenters. The molecule has 3 rings (SSSR count). The summed E-state index contributed by atoms with van der Waals surface area (Å²) in [6.07, 6.45) is 3.56. The fourth-order valence-corrected chi connectivity index (χ4v) is 2.88. The van der Waals surface area contributed by atoms with E-state index in [9.17, 15) is 0 Å². The van der Waals surface area contributed by atoms with Crippen molar-refractivity contribution in [3.05, 3.63) is 17.7 Å². The van der Waals surface area contributed by atoms with Gasteiger partial charge in [-0.1, -0.05) is 0 Å². The molecule has 1 saturated heterocycles. The molecule has 1 aromatic heterocycles. The summed E-state index contributed by atoms with van der Waals surface area (Å²) in [6.45, 7) is 5.60. The van der Waals surface area contributed by atoms with Gasteiger partial charge in [-0.3, -0.25) is 10.7 Å². The lowest BCUT2D eigenvalue weighted by Crippen LogP contribution is -2.49. The fourth-order valence-electron chi connectivity index (χ4n) is 2.88. The number of pyridine rings is 1. The summed E-state index contributed by atoms with van der Waals surface area (Å²) in [5, 5.41) is 3.22. The summed E-state index contributed by atoms with van der Waals surface area (Å²) in [5.41, 5.74) is 13.0. The molecule has 22 heavy (non-hydrogen) atoms. The van der Waals surface area contributed by atoms with E-state index in [4.69, 9.17) is 11.5 Å². The molecule has 0 spiro atoms. The van der Waals surface area contributed by atoms with Gasteiger partial charge >= 0.3 is 0 Å². The molecule has 2 aliphatic rings. The van der Waals surface area contributed by atoms with Crippen molar-refractivity contribution in [2.45, 2.75) is 18.6 Å². The fraction of sp³-hybridized carbons (Fsp3) is 0.600. The van der Waals surface area contributed by atoms with Gasteiger partial charge in [0.05, 0.1) is 0 Å². The molecule has 1 atom stereocenters. The molecule has 1 aromatic rings. The topological polar surface area (TPSA) is 95.8 Å². The van der Waals surface area contributed by atoms with Crippen LogP contribution in [0.25, 0.3) is 0 Å². The Balaban J connectivity index is 1.52. The predicted octanol–water partition coefficient (Wildman–Crippen LogP) is 0.148. The monoisotopic (exact) mass is 303 g/mol. The van der Waals surface area contributed by atoms with E-state index in [1.54, 1.807) is 12.3 Å². The highest BCUT2D eigenvalue weighted by Gasteiger charge is 2.28. The Morgan fingerprint density at radius 3 is 2.82 bits per heavy atom. The second-order valence-electron chi connectivity index (χ2n) is 6.23. The van der Waals surface area contributed by atoms with Gasteiger partial charge in [0, 0.05) is 44.4 Å². The molecule has 0 radical (unpaired) electrons. The standard InChI is InChI=1S/C15H25N7/c1-21-7-9-22(10-8-21)6-2-5-15(17)18-11-12-3-4-13(16)19-14(12)20-15/h3-4,11H,2,5-10,17H2,1H3,(H3,16,19,20). The number of rotatable bonds is 4. The van der Waals surface area contributed by atoms with E-state index < -0.39 is 5.79 Å². The van der Waals surface area contributed by atoms with E-state index in [2.05, 4.69) is 32.1 Å². The second-order valence-corrected chi connectivity index (χ2v) is 6.23. The van der Waals surface area contributed by atoms with Crippen molar-refractivity contribution in [1.82, 2.24) is 14.8 Å². The van der Waals surface area contributed by atoms with E-state index in [1.165, 1.54) is 0 Å². The van der Waals surface area contributed by atoms with Crippen LogP contribution < -0.4 is 16.8 Å². The number of nitrogens with zero attached hydrogens (tertiary/aromatic N) is 4. The number of hydrogen-bond acceptors (Lipinski definition) is 7. The van der Waals surface area contributed by atoms with Crippen LogP contribution >= 0.6 is 0 Å². The van der Waals surface area contributed by atoms with Crippen LogP contribution in [0, 0.1) is 0 Å². The molecule has 1 fully saturated rings. The molecular weight excluding hydrogens is 278 g/mol. The third-order valence-electron chi connectivity index (χ3n) is 4.35. The number of nitrogen functional groups attached to an aromatic ring is 1. The number of aromatic nitrogens is 1. The maximum absolute atomic E-state index is 6.35. The van der Waals surface area contributed by atoms with Crippen molar-refractivity contribution in [2.24, 2.45) is 10.7 Å². The molecule has 0 amide bonds. The zero-order valence-corrected chi connectivity index (χ0v) is 13.1. The van der Waals surface area contributed by atoms with Crippen LogP contribution in [0.1, 0.15) is 18.4 Å². The van der Waals surface area contributed by atoms with E-state index in [-0.39, 0.29) is 0 Å². The van der Waals surface area contributed by atoms with Crippen LogP contribution in [0.3, 0.4) is 0 Å². The molecule has 120 valence electrons. The van der Waals surface area contributed by atoms with Gasteiger partial charge in [-0.15, -0.1) is 0 Å². The molecule has 5 N–H and O–H groups in total. The third-order valence-corrected chi connectivity index (χ3v) is 4.35. The Morgan fingerprint density at radius 2 is 2.05 bits per heavy atom. The van der Waals surface area contributed by atoms with Crippen molar-refractivity contribution in [3.8, 4) is 0 Å². The van der Waals surface area contributed by atoms with Gasteiger partial charge in [-0.2, -0.15) is 0 Å². The number of aliphatic imine (C=N–C) groups is 1. The average molecular weight is 303 g/mol. The Hall–Kier alpha value is -1.70. The van der Waals surface area contributed by atoms with Crippen molar-refractivity contribution in [1.29, 1.82) is 0 Å². The van der Waals surface area contributed by atoms with E-state index in [1.807, 2.05) is 6.07 Å². The minimum absolute atomic E-state index is 0.487. The SMILES string of the molecule is CN1CCN(CCCC2(N)N=Cc3ccc(N)nc3N2)CC1. The Morgan fingerprint density at radius 1 is 1.27 bits per heavy atom. The number of anilines is 2. The third kappa shape index (κ3) is 3.55. The number of nitrogens with one attached hydrogen (secondary N) is 1. The lowest BCUT2D eigenvalue weighted by molar-refractivity contribution is 0.150. The maximum Gasteiger partial charge on any atom is 0.183 e. The molecule has 7 heteroatoms. The molecule has 7 nitrogen and oxygen atoms in total. The van der Waals surface area contributed by atoms with Gasteiger partial charge in [0.1, 0.15) is 11.6 Å². The first-order valence-corrected chi connectivity index (χ1v) is 7.84. The van der Waals surface area contributed by atoms with Crippen molar-refractivity contribution in [3.63, 3.8) is 0 Å². The summed E-state index contributed by atoms with van der Waals surface area (Å²) in [4.78, 5) is 13.6. The highest BCUT2D eigenvalue weighted by atomic mass is 15.3. The first-order valence-electron chi connectivity index (χ1n) is 7.84. The number of hydrogen-bond donors (Lipinski definition) is 3. The van der Waals surface area contributed by atoms with Gasteiger partial charge in [0.15, 0.2) is 5.79 Å². The first kappa shape index (κ1) is 15.2. The minimum atomic E-state index is -0.777. The summed E-state index contributed by atoms with van der Waals surface area (Å²) in [6, 6.07) is 3.67. The predicted molar refractivity (Wildman–Crippen MR) is 90.0 cm³/mol. The molecule has 0 aromatic carbocycles. The van der Waals surface area contributed by atoms with E-state index in [0.29, 0.717) is 5.82 Å². The van der Waals surface area contributed by atoms with E-state index in [0.717, 1.165) is 56.9 Å². The zero-order chi connectivity index (χ0) is 15.6. The Bertz CT molecular complexity index is 551. The van der Waals surface area contributed by atoms with Crippen LogP contribution in [-0.2, 0) is 0 Å². The van der Waals surface area contributed by atoms with Crippen LogP contribution in [0.4, 0.5) is 11.6 Å². The first-order chi connectivity index (χ1) is 10.5. The van der Waals surface area contributed by atoms with Gasteiger partial charge in [-0.25, -0.2) is 4.98 Å². The van der Waals surface area contributed by atoms with Crippen LogP contribution in [-0.4, -0.2) is 66.6 Å². The molecular formula is C15H25N7. The van der Waals surface area contributed by atoms with E-state index >= 15 is 0 Å². The second kappa shape index (κ2) is 6.20. The molecule has 2 aliphatic heterocycles. The van der Waals surface area contributed by atoms with Crippen molar-refractivity contribution in [2.75, 3.05) is 50.8 Å². The van der Waals surface area contributed by atoms with Crippen molar-refractivity contribution >= 4 is 17.9 Å². The van der Waals surface area contributed by atoms with Gasteiger partial charge in [0.25, 0.3) is 0 Å². The van der Waals surface area contributed by atoms with Gasteiger partial charge in [0.2, 0.25) is 0 Å². The average Bonchev–Trinajstić information content (AvgIpc) is 2.49. The smallest absolute Gasteiger partial charge is 0.183 e. The summed E-state index contributed by atoms with van der Waals surface area (Å²) in [5.74, 6) is 0.429. The normalized spacial score (nSPS) is 25.7.